The number of hydrogen-bond acceptors (Lipinski definition) is 5. The van der Waals surface area contributed by atoms with Crippen molar-refractivity contribution in [2.45, 2.75) is 0 Å². The van der Waals surface area contributed by atoms with Crippen LogP contribution in [0.15, 0.2) is 18.5 Å². The van der Waals surface area contributed by atoms with E-state index in [0.29, 0.717) is 15.9 Å². The van der Waals surface area contributed by atoms with Gasteiger partial charge in [0.05, 0.1) is 6.20 Å². The molecular weight excluding hydrogens is 146 g/mol. The second kappa shape index (κ2) is 2.08. The molecule has 0 aliphatic rings. The third-order valence-electron chi connectivity index (χ3n) is 1.26. The van der Waals surface area contributed by atoms with Crippen LogP contribution in [-0.4, -0.2) is 20.5 Å². The maximum Gasteiger partial charge on any atom is 0.292 e. The van der Waals surface area contributed by atoms with E-state index in [0.717, 1.165) is 0 Å². The lowest BCUT2D eigenvalue weighted by Crippen LogP contribution is -2.31. The van der Waals surface area contributed by atoms with E-state index < -0.39 is 0 Å². The molecule has 6 heteroatoms. The van der Waals surface area contributed by atoms with Crippen LogP contribution in [0.4, 0.5) is 0 Å². The van der Waals surface area contributed by atoms with E-state index in [9.17, 15) is 5.21 Å². The summed E-state index contributed by atoms with van der Waals surface area (Å²) in [6.45, 7) is 0. The minimum absolute atomic E-state index is 0.322. The Kier molecular flexibility index (Phi) is 1.12. The summed E-state index contributed by atoms with van der Waals surface area (Å²) in [5.74, 6) is 0. The Morgan fingerprint density at radius 2 is 2.36 bits per heavy atom. The molecule has 0 fully saturated rings. The van der Waals surface area contributed by atoms with Crippen molar-refractivity contribution in [3.63, 3.8) is 0 Å². The van der Waals surface area contributed by atoms with Crippen LogP contribution in [0.1, 0.15) is 0 Å². The maximum absolute atomic E-state index is 10.9. The van der Waals surface area contributed by atoms with Gasteiger partial charge in [-0.05, 0) is 16.1 Å². The summed E-state index contributed by atoms with van der Waals surface area (Å²) < 4.78 is 0. The Morgan fingerprint density at radius 3 is 3.18 bits per heavy atom. The smallest absolute Gasteiger partial charge is 0.292 e. The van der Waals surface area contributed by atoms with Crippen LogP contribution in [0.25, 0.3) is 11.0 Å². The van der Waals surface area contributed by atoms with Crippen molar-refractivity contribution in [2.75, 3.05) is 0 Å². The molecule has 0 saturated carbocycles. The van der Waals surface area contributed by atoms with Crippen LogP contribution in [0.2, 0.25) is 0 Å². The molecule has 6 nitrogen and oxygen atoms in total. The highest BCUT2D eigenvalue weighted by atomic mass is 16.5. The van der Waals surface area contributed by atoms with Crippen molar-refractivity contribution >= 4 is 11.0 Å². The van der Waals surface area contributed by atoms with E-state index in [1.807, 2.05) is 0 Å². The molecule has 0 unspecified atom stereocenters. The molecule has 2 rings (SSSR count). The fourth-order valence-corrected chi connectivity index (χ4v) is 0.765. The molecule has 0 aliphatic carbocycles. The normalized spacial score (nSPS) is 10.2. The van der Waals surface area contributed by atoms with Crippen LogP contribution >= 0.6 is 0 Å². The third-order valence-corrected chi connectivity index (χ3v) is 1.26. The van der Waals surface area contributed by atoms with Gasteiger partial charge in [0.2, 0.25) is 0 Å². The van der Waals surface area contributed by atoms with Crippen LogP contribution in [0, 0.1) is 5.21 Å². The maximum atomic E-state index is 10.9. The molecule has 0 amide bonds. The Hall–Kier alpha value is -1.85. The molecule has 11 heavy (non-hydrogen) atoms. The monoisotopic (exact) mass is 149 g/mol. The van der Waals surface area contributed by atoms with E-state index in [1.54, 1.807) is 6.07 Å². The standard InChI is InChI=1S/C5H3N5O/c11-10-5-3-6-9-8-4(5)1-2-7-10/h1-3H. The van der Waals surface area contributed by atoms with Crippen molar-refractivity contribution in [1.82, 2.24) is 20.5 Å². The quantitative estimate of drug-likeness (QED) is 0.356. The van der Waals surface area contributed by atoms with Gasteiger partial charge < -0.3 is 5.21 Å². The fourth-order valence-electron chi connectivity index (χ4n) is 0.765. The molecule has 0 aromatic carbocycles. The molecule has 0 atom stereocenters. The van der Waals surface area contributed by atoms with Crippen molar-refractivity contribution < 1.29 is 4.85 Å². The summed E-state index contributed by atoms with van der Waals surface area (Å²) >= 11 is 0. The van der Waals surface area contributed by atoms with Crippen LogP contribution in [0.3, 0.4) is 0 Å². The SMILES string of the molecule is [O-][n+]1nccc2nnncc21. The number of hydrogen-bond donors (Lipinski definition) is 0. The van der Waals surface area contributed by atoms with Gasteiger partial charge >= 0.3 is 0 Å². The lowest BCUT2D eigenvalue weighted by Gasteiger charge is -1.93. The highest BCUT2D eigenvalue weighted by Gasteiger charge is 2.03. The number of aromatic nitrogens is 5. The predicted octanol–water partition coefficient (Wildman–Crippen LogP) is -0.947. The minimum atomic E-state index is 0.322. The lowest BCUT2D eigenvalue weighted by molar-refractivity contribution is -0.642. The Morgan fingerprint density at radius 1 is 1.45 bits per heavy atom. The van der Waals surface area contributed by atoms with E-state index in [2.05, 4.69) is 20.5 Å². The number of fused-ring (bicyclic) bond motifs is 1. The second-order valence-electron chi connectivity index (χ2n) is 1.91. The minimum Gasteiger partial charge on any atom is -0.594 e. The first-order chi connectivity index (χ1) is 5.38. The fraction of sp³-hybridized carbons (Fsp3) is 0. The summed E-state index contributed by atoms with van der Waals surface area (Å²) in [6.07, 6.45) is 2.69. The Bertz CT molecular complexity index is 384. The van der Waals surface area contributed by atoms with Gasteiger partial charge in [0.15, 0.2) is 5.52 Å². The topological polar surface area (TPSA) is 78.5 Å². The molecule has 0 aliphatic heterocycles. The average molecular weight is 149 g/mol. The highest BCUT2D eigenvalue weighted by Crippen LogP contribution is 1.97. The number of rotatable bonds is 0. The first-order valence-corrected chi connectivity index (χ1v) is 2.91. The van der Waals surface area contributed by atoms with Gasteiger partial charge in [0.25, 0.3) is 5.52 Å². The average Bonchev–Trinajstić information content (AvgIpc) is 2.06. The van der Waals surface area contributed by atoms with Gasteiger partial charge in [-0.15, -0.1) is 10.2 Å². The van der Waals surface area contributed by atoms with Gasteiger partial charge in [-0.25, -0.2) is 0 Å². The molecule has 2 heterocycles. The Balaban J connectivity index is 2.91. The van der Waals surface area contributed by atoms with Gasteiger partial charge in [0, 0.05) is 5.10 Å². The first-order valence-electron chi connectivity index (χ1n) is 2.91. The van der Waals surface area contributed by atoms with Crippen molar-refractivity contribution in [1.29, 1.82) is 0 Å². The molecule has 54 valence electrons. The lowest BCUT2D eigenvalue weighted by atomic mass is 10.4. The molecule has 0 spiro atoms. The highest BCUT2D eigenvalue weighted by molar-refractivity contribution is 5.67. The van der Waals surface area contributed by atoms with Crippen LogP contribution < -0.4 is 4.85 Å². The summed E-state index contributed by atoms with van der Waals surface area (Å²) in [7, 11) is 0. The van der Waals surface area contributed by atoms with Gasteiger partial charge in [0.1, 0.15) is 6.20 Å². The van der Waals surface area contributed by atoms with E-state index in [4.69, 9.17) is 0 Å². The zero-order valence-corrected chi connectivity index (χ0v) is 5.38. The summed E-state index contributed by atoms with van der Waals surface area (Å²) in [5, 5.41) is 24.8. The second-order valence-corrected chi connectivity index (χ2v) is 1.91. The summed E-state index contributed by atoms with van der Waals surface area (Å²) in [4.78, 5) is 0.455. The van der Waals surface area contributed by atoms with Gasteiger partial charge in [-0.3, -0.25) is 0 Å². The molecular formula is C5H3N5O. The molecule has 2 aromatic rings. The van der Waals surface area contributed by atoms with E-state index in [1.165, 1.54) is 12.4 Å². The zero-order chi connectivity index (χ0) is 7.68. The van der Waals surface area contributed by atoms with Crippen molar-refractivity contribution in [2.24, 2.45) is 0 Å². The molecule has 0 bridgehead atoms. The predicted molar refractivity (Wildman–Crippen MR) is 34.1 cm³/mol. The Labute approximate surface area is 61.1 Å². The molecule has 0 radical (unpaired) electrons. The van der Waals surface area contributed by atoms with Crippen LogP contribution in [0.5, 0.6) is 0 Å². The van der Waals surface area contributed by atoms with Gasteiger partial charge in [-0.2, -0.15) is 0 Å². The molecule has 0 saturated heterocycles. The van der Waals surface area contributed by atoms with E-state index in [-0.39, 0.29) is 0 Å². The van der Waals surface area contributed by atoms with E-state index >= 15 is 0 Å². The van der Waals surface area contributed by atoms with Crippen molar-refractivity contribution in [3.8, 4) is 0 Å². The summed E-state index contributed by atoms with van der Waals surface area (Å²) in [5.41, 5.74) is 0.813. The summed E-state index contributed by atoms with van der Waals surface area (Å²) in [6, 6.07) is 1.60. The van der Waals surface area contributed by atoms with Crippen LogP contribution in [-0.2, 0) is 0 Å². The van der Waals surface area contributed by atoms with Gasteiger partial charge in [-0.1, -0.05) is 0 Å². The largest absolute Gasteiger partial charge is 0.594 e. The zero-order valence-electron chi connectivity index (χ0n) is 5.38. The first kappa shape index (κ1) is 5.90. The third kappa shape index (κ3) is 0.841. The number of nitrogens with zero attached hydrogens (tertiary/aromatic N) is 5. The molecule has 0 N–H and O–H groups in total. The van der Waals surface area contributed by atoms with Crippen molar-refractivity contribution in [3.05, 3.63) is 23.7 Å². The molecule has 2 aromatic heterocycles.